The van der Waals surface area contributed by atoms with E-state index in [0.717, 1.165) is 43.2 Å². The number of guanidine groups is 1. The van der Waals surface area contributed by atoms with Crippen LogP contribution in [0.1, 0.15) is 37.7 Å². The summed E-state index contributed by atoms with van der Waals surface area (Å²) in [6.45, 7) is 0. The third-order valence-electron chi connectivity index (χ3n) is 4.62. The molecule has 1 saturated heterocycles. The lowest BCUT2D eigenvalue weighted by Gasteiger charge is -2.09. The molecule has 7 heteroatoms. The van der Waals surface area contributed by atoms with Gasteiger partial charge in [-0.25, -0.2) is 9.98 Å². The maximum atomic E-state index is 12.2. The number of oxazole rings is 1. The van der Waals surface area contributed by atoms with Crippen molar-refractivity contribution in [1.82, 2.24) is 15.6 Å². The molecule has 3 N–H and O–H groups in total. The van der Waals surface area contributed by atoms with Gasteiger partial charge in [-0.05, 0) is 55.9 Å². The van der Waals surface area contributed by atoms with Crippen molar-refractivity contribution in [3.8, 4) is 0 Å². The number of carbonyl (C=O) groups is 1. The number of fused-ring (bicyclic) bond motifs is 1. The summed E-state index contributed by atoms with van der Waals surface area (Å²) >= 11 is 0. The summed E-state index contributed by atoms with van der Waals surface area (Å²) in [5.74, 6) is 0.281. The van der Waals surface area contributed by atoms with Crippen LogP contribution in [0.15, 0.2) is 39.7 Å². The number of aromatic nitrogens is 1. The number of nitrogens with one attached hydrogen (secondary N) is 2. The predicted molar refractivity (Wildman–Crippen MR) is 93.6 cm³/mol. The number of benzene rings is 1. The van der Waals surface area contributed by atoms with Crippen molar-refractivity contribution in [2.24, 2.45) is 4.99 Å². The summed E-state index contributed by atoms with van der Waals surface area (Å²) in [5.41, 5.74) is 2.76. The van der Waals surface area contributed by atoms with Crippen molar-refractivity contribution >= 4 is 29.0 Å². The van der Waals surface area contributed by atoms with Crippen LogP contribution >= 0.6 is 0 Å². The molecule has 1 aromatic carbocycles. The Bertz CT molecular complexity index is 855. The molecule has 0 radical (unpaired) electrons. The van der Waals surface area contributed by atoms with Gasteiger partial charge in [0.15, 0.2) is 12.0 Å². The average molecular weight is 340 g/mol. The average Bonchev–Trinajstić information content (AvgIpc) is 3.12. The third kappa shape index (κ3) is 3.56. The van der Waals surface area contributed by atoms with Crippen LogP contribution in [-0.2, 0) is 4.79 Å². The zero-order valence-corrected chi connectivity index (χ0v) is 13.7. The van der Waals surface area contributed by atoms with E-state index in [1.807, 2.05) is 18.2 Å². The molecule has 1 aliphatic carbocycles. The second-order valence-electron chi connectivity index (χ2n) is 6.51. The lowest BCUT2D eigenvalue weighted by Crippen LogP contribution is -2.27. The molecule has 130 valence electrons. The van der Waals surface area contributed by atoms with Crippen LogP contribution in [-0.4, -0.2) is 34.1 Å². The fourth-order valence-corrected chi connectivity index (χ4v) is 3.26. The largest absolute Gasteiger partial charge is 0.443 e. The van der Waals surface area contributed by atoms with Crippen molar-refractivity contribution in [1.29, 1.82) is 0 Å². The Morgan fingerprint density at radius 3 is 3.08 bits per heavy atom. The first-order valence-electron chi connectivity index (χ1n) is 8.56. The molecule has 25 heavy (non-hydrogen) atoms. The minimum atomic E-state index is -0.224. The number of nitrogens with zero attached hydrogens (tertiary/aromatic N) is 2. The second-order valence-corrected chi connectivity index (χ2v) is 6.51. The molecule has 2 heterocycles. The first-order chi connectivity index (χ1) is 12.2. The van der Waals surface area contributed by atoms with Gasteiger partial charge in [0, 0.05) is 0 Å². The Kier molecular flexibility index (Phi) is 4.23. The smallest absolute Gasteiger partial charge is 0.274 e. The van der Waals surface area contributed by atoms with Crippen LogP contribution < -0.4 is 10.6 Å². The lowest BCUT2D eigenvalue weighted by molar-refractivity contribution is -0.115. The predicted octanol–water partition coefficient (Wildman–Crippen LogP) is 1.94. The van der Waals surface area contributed by atoms with E-state index in [2.05, 4.69) is 20.6 Å². The van der Waals surface area contributed by atoms with Crippen LogP contribution in [0.3, 0.4) is 0 Å². The summed E-state index contributed by atoms with van der Waals surface area (Å²) in [6.07, 6.45) is 7.25. The number of hydrogen-bond donors (Lipinski definition) is 3. The van der Waals surface area contributed by atoms with Gasteiger partial charge in [-0.15, -0.1) is 0 Å². The number of amides is 1. The fraction of sp³-hybridized carbons (Fsp3) is 0.389. The Labute approximate surface area is 144 Å². The van der Waals surface area contributed by atoms with E-state index in [0.29, 0.717) is 17.2 Å². The van der Waals surface area contributed by atoms with Crippen LogP contribution in [0, 0.1) is 0 Å². The molecule has 2 aliphatic rings. The van der Waals surface area contributed by atoms with Gasteiger partial charge in [-0.2, -0.15) is 0 Å². The Balaban J connectivity index is 1.50. The molecule has 0 bridgehead atoms. The lowest BCUT2D eigenvalue weighted by atomic mass is 10.1. The first-order valence-corrected chi connectivity index (χ1v) is 8.56. The minimum absolute atomic E-state index is 0.129. The highest BCUT2D eigenvalue weighted by Crippen LogP contribution is 2.21. The van der Waals surface area contributed by atoms with Crippen molar-refractivity contribution in [3.05, 3.63) is 35.9 Å². The number of aliphatic hydroxyl groups is 1. The highest BCUT2D eigenvalue weighted by Gasteiger charge is 2.24. The van der Waals surface area contributed by atoms with Gasteiger partial charge in [0.05, 0.1) is 12.1 Å². The van der Waals surface area contributed by atoms with Crippen molar-refractivity contribution in [2.45, 2.75) is 44.2 Å². The van der Waals surface area contributed by atoms with Gasteiger partial charge < -0.3 is 14.8 Å². The zero-order chi connectivity index (χ0) is 17.2. The van der Waals surface area contributed by atoms with Gasteiger partial charge >= 0.3 is 0 Å². The standard InChI is InChI=1S/C18H20N4O3/c23-13-3-1-2-12(5-6-13)20-18-21-15(17(24)22-18)8-11-4-7-14-16(9-11)25-10-19-14/h4,7-10,12-13,23H,1-3,5-6H2,(H2,20,21,22,24)/b15-8-/t12-,13-/m0/s1. The normalized spacial score (nSPS) is 27.5. The Hall–Kier alpha value is -2.67. The monoisotopic (exact) mass is 340 g/mol. The van der Waals surface area contributed by atoms with Gasteiger partial charge in [-0.3, -0.25) is 10.1 Å². The summed E-state index contributed by atoms with van der Waals surface area (Å²) in [5, 5.41) is 15.5. The van der Waals surface area contributed by atoms with Crippen molar-refractivity contribution < 1.29 is 14.3 Å². The summed E-state index contributed by atoms with van der Waals surface area (Å²) in [7, 11) is 0. The highest BCUT2D eigenvalue weighted by atomic mass is 16.3. The molecule has 7 nitrogen and oxygen atoms in total. The number of aliphatic hydroxyl groups excluding tert-OH is 1. The molecule has 1 aliphatic heterocycles. The van der Waals surface area contributed by atoms with E-state index in [-0.39, 0.29) is 18.1 Å². The molecule has 0 unspecified atom stereocenters. The van der Waals surface area contributed by atoms with Crippen LogP contribution in [0.5, 0.6) is 0 Å². The Morgan fingerprint density at radius 1 is 1.24 bits per heavy atom. The molecule has 4 rings (SSSR count). The van der Waals surface area contributed by atoms with Crippen LogP contribution in [0.2, 0.25) is 0 Å². The van der Waals surface area contributed by atoms with Gasteiger partial charge in [-0.1, -0.05) is 6.07 Å². The van der Waals surface area contributed by atoms with Gasteiger partial charge in [0.2, 0.25) is 5.96 Å². The van der Waals surface area contributed by atoms with Gasteiger partial charge in [0.1, 0.15) is 11.2 Å². The number of rotatable bonds is 2. The highest BCUT2D eigenvalue weighted by molar-refractivity contribution is 6.15. The van der Waals surface area contributed by atoms with E-state index >= 15 is 0 Å². The molecule has 1 saturated carbocycles. The summed E-state index contributed by atoms with van der Waals surface area (Å²) < 4.78 is 5.29. The first kappa shape index (κ1) is 15.8. The third-order valence-corrected chi connectivity index (χ3v) is 4.62. The van der Waals surface area contributed by atoms with Crippen LogP contribution in [0.25, 0.3) is 17.2 Å². The maximum absolute atomic E-state index is 12.2. The van der Waals surface area contributed by atoms with E-state index in [1.54, 1.807) is 6.08 Å². The SMILES string of the molecule is O=C1NC(=N[C@H]2CCC[C@H](O)CC2)N/C1=C\c1ccc2ncoc2c1. The maximum Gasteiger partial charge on any atom is 0.274 e. The molecule has 2 atom stereocenters. The number of hydrogen-bond acceptors (Lipinski definition) is 5. The molecular weight excluding hydrogens is 320 g/mol. The molecule has 2 fully saturated rings. The molecule has 0 spiro atoms. The minimum Gasteiger partial charge on any atom is -0.443 e. The van der Waals surface area contributed by atoms with E-state index in [9.17, 15) is 9.90 Å². The van der Waals surface area contributed by atoms with E-state index in [1.165, 1.54) is 6.39 Å². The Morgan fingerprint density at radius 2 is 2.16 bits per heavy atom. The molecule has 1 aromatic heterocycles. The topological polar surface area (TPSA) is 99.8 Å². The van der Waals surface area contributed by atoms with Crippen LogP contribution in [0.4, 0.5) is 0 Å². The van der Waals surface area contributed by atoms with E-state index < -0.39 is 0 Å². The van der Waals surface area contributed by atoms with Crippen molar-refractivity contribution in [3.63, 3.8) is 0 Å². The van der Waals surface area contributed by atoms with Gasteiger partial charge in [0.25, 0.3) is 5.91 Å². The molecular formula is C18H20N4O3. The summed E-state index contributed by atoms with van der Waals surface area (Å²) in [4.78, 5) is 20.8. The number of carbonyl (C=O) groups excluding carboxylic acids is 1. The molecule has 1 amide bonds. The number of aliphatic imine (C=N–C) groups is 1. The van der Waals surface area contributed by atoms with Crippen molar-refractivity contribution in [2.75, 3.05) is 0 Å². The zero-order valence-electron chi connectivity index (χ0n) is 13.7. The molecule has 2 aromatic rings. The fourth-order valence-electron chi connectivity index (χ4n) is 3.26. The van der Waals surface area contributed by atoms with E-state index in [4.69, 9.17) is 4.42 Å². The second kappa shape index (κ2) is 6.68. The quantitative estimate of drug-likeness (QED) is 0.573. The summed E-state index contributed by atoms with van der Waals surface area (Å²) in [6, 6.07) is 5.70.